The van der Waals surface area contributed by atoms with Gasteiger partial charge < -0.3 is 15.4 Å². The average molecular weight is 229 g/mol. The van der Waals surface area contributed by atoms with Crippen molar-refractivity contribution in [1.82, 2.24) is 9.80 Å². The van der Waals surface area contributed by atoms with Crippen LogP contribution in [0.2, 0.25) is 0 Å². The molecule has 4 nitrogen and oxygen atoms in total. The number of hydrogen-bond donors (Lipinski definition) is 1. The fourth-order valence-electron chi connectivity index (χ4n) is 2.34. The lowest BCUT2D eigenvalue weighted by Gasteiger charge is -2.42. The van der Waals surface area contributed by atoms with Crippen LogP contribution in [0.4, 0.5) is 0 Å². The third-order valence-corrected chi connectivity index (χ3v) is 3.78. The molecule has 0 radical (unpaired) electrons. The molecule has 0 amide bonds. The molecule has 0 bridgehead atoms. The van der Waals surface area contributed by atoms with Crippen LogP contribution in [0.1, 0.15) is 13.3 Å². The molecule has 1 heterocycles. The first-order chi connectivity index (χ1) is 7.56. The molecule has 16 heavy (non-hydrogen) atoms. The Balaban J connectivity index is 2.46. The van der Waals surface area contributed by atoms with Crippen LogP contribution < -0.4 is 5.73 Å². The van der Waals surface area contributed by atoms with Gasteiger partial charge in [0.2, 0.25) is 0 Å². The van der Waals surface area contributed by atoms with Gasteiger partial charge in [-0.25, -0.2) is 0 Å². The number of piperazine rings is 1. The molecule has 0 spiro atoms. The van der Waals surface area contributed by atoms with Crippen molar-refractivity contribution in [3.05, 3.63) is 0 Å². The van der Waals surface area contributed by atoms with E-state index in [0.29, 0.717) is 12.0 Å². The summed E-state index contributed by atoms with van der Waals surface area (Å²) in [5.41, 5.74) is 6.36. The first kappa shape index (κ1) is 13.9. The van der Waals surface area contributed by atoms with Crippen LogP contribution >= 0.6 is 0 Å². The van der Waals surface area contributed by atoms with Crippen molar-refractivity contribution in [2.75, 3.05) is 47.4 Å². The summed E-state index contributed by atoms with van der Waals surface area (Å²) in [5, 5.41) is 0. The van der Waals surface area contributed by atoms with Gasteiger partial charge in [-0.2, -0.15) is 0 Å². The van der Waals surface area contributed by atoms with E-state index in [1.54, 1.807) is 7.11 Å². The molecular formula is C12H27N3O. The number of ether oxygens (including phenoxy) is 1. The third kappa shape index (κ3) is 3.70. The molecular weight excluding hydrogens is 202 g/mol. The van der Waals surface area contributed by atoms with Gasteiger partial charge in [0, 0.05) is 45.4 Å². The van der Waals surface area contributed by atoms with Gasteiger partial charge in [-0.05, 0) is 26.4 Å². The topological polar surface area (TPSA) is 41.7 Å². The highest BCUT2D eigenvalue weighted by atomic mass is 16.5. The molecule has 1 saturated heterocycles. The first-order valence-electron chi connectivity index (χ1n) is 6.19. The van der Waals surface area contributed by atoms with Crippen LogP contribution in [0.25, 0.3) is 0 Å². The number of rotatable bonds is 5. The Hall–Kier alpha value is -0.160. The monoisotopic (exact) mass is 229 g/mol. The summed E-state index contributed by atoms with van der Waals surface area (Å²) in [7, 11) is 6.10. The second kappa shape index (κ2) is 6.55. The molecule has 3 atom stereocenters. The minimum absolute atomic E-state index is 0.239. The zero-order chi connectivity index (χ0) is 12.1. The van der Waals surface area contributed by atoms with Crippen molar-refractivity contribution in [1.29, 1.82) is 0 Å². The van der Waals surface area contributed by atoms with E-state index in [2.05, 4.69) is 30.8 Å². The predicted octanol–water partition coefficient (Wildman–Crippen LogP) is 0.232. The largest absolute Gasteiger partial charge is 0.385 e. The Morgan fingerprint density at radius 1 is 1.38 bits per heavy atom. The summed E-state index contributed by atoms with van der Waals surface area (Å²) >= 11 is 0. The van der Waals surface area contributed by atoms with E-state index in [-0.39, 0.29) is 6.04 Å². The molecule has 0 aromatic heterocycles. The molecule has 1 aliphatic heterocycles. The number of likely N-dealkylation sites (N-methyl/N-ethyl adjacent to an activating group) is 2. The van der Waals surface area contributed by atoms with Crippen LogP contribution in [0.3, 0.4) is 0 Å². The van der Waals surface area contributed by atoms with Gasteiger partial charge in [0.15, 0.2) is 0 Å². The molecule has 3 unspecified atom stereocenters. The molecule has 0 aromatic rings. The number of nitrogens with zero attached hydrogens (tertiary/aromatic N) is 2. The third-order valence-electron chi connectivity index (χ3n) is 3.78. The van der Waals surface area contributed by atoms with Gasteiger partial charge in [0.25, 0.3) is 0 Å². The minimum Gasteiger partial charge on any atom is -0.385 e. The van der Waals surface area contributed by atoms with Crippen molar-refractivity contribution in [2.45, 2.75) is 25.4 Å². The molecule has 1 rings (SSSR count). The zero-order valence-electron chi connectivity index (χ0n) is 11.1. The van der Waals surface area contributed by atoms with E-state index in [1.165, 1.54) is 0 Å². The van der Waals surface area contributed by atoms with Crippen molar-refractivity contribution < 1.29 is 4.74 Å². The maximum absolute atomic E-state index is 6.36. The van der Waals surface area contributed by atoms with Crippen LogP contribution in [0.15, 0.2) is 0 Å². The maximum atomic E-state index is 6.36. The van der Waals surface area contributed by atoms with Crippen LogP contribution in [0.5, 0.6) is 0 Å². The van der Waals surface area contributed by atoms with Crippen LogP contribution in [0, 0.1) is 5.92 Å². The average Bonchev–Trinajstić information content (AvgIpc) is 2.28. The quantitative estimate of drug-likeness (QED) is 0.733. The fraction of sp³-hybridized carbons (Fsp3) is 1.00. The lowest BCUT2D eigenvalue weighted by Crippen LogP contribution is -2.59. The number of hydrogen-bond acceptors (Lipinski definition) is 4. The van der Waals surface area contributed by atoms with Crippen molar-refractivity contribution in [3.63, 3.8) is 0 Å². The van der Waals surface area contributed by atoms with Crippen LogP contribution in [-0.2, 0) is 4.74 Å². The Labute approximate surface area is 99.7 Å². The van der Waals surface area contributed by atoms with Gasteiger partial charge in [-0.3, -0.25) is 4.90 Å². The van der Waals surface area contributed by atoms with Gasteiger partial charge in [0.05, 0.1) is 0 Å². The van der Waals surface area contributed by atoms with E-state index in [0.717, 1.165) is 32.7 Å². The normalized spacial score (nSPS) is 27.9. The Morgan fingerprint density at radius 3 is 2.69 bits per heavy atom. The SMILES string of the molecule is COCCC(C)C(N)C1CN(C)CCN1C. The summed E-state index contributed by atoms with van der Waals surface area (Å²) in [5.74, 6) is 0.513. The van der Waals surface area contributed by atoms with Crippen molar-refractivity contribution in [2.24, 2.45) is 11.7 Å². The van der Waals surface area contributed by atoms with Gasteiger partial charge in [-0.15, -0.1) is 0 Å². The molecule has 1 fully saturated rings. The van der Waals surface area contributed by atoms with E-state index >= 15 is 0 Å². The first-order valence-corrected chi connectivity index (χ1v) is 6.19. The highest BCUT2D eigenvalue weighted by Gasteiger charge is 2.30. The lowest BCUT2D eigenvalue weighted by atomic mass is 9.91. The van der Waals surface area contributed by atoms with E-state index < -0.39 is 0 Å². The standard InChI is InChI=1S/C12H27N3O/c1-10(5-8-16-4)12(13)11-9-14(2)6-7-15(11)3/h10-12H,5-9,13H2,1-4H3. The molecule has 96 valence electrons. The fourth-order valence-corrected chi connectivity index (χ4v) is 2.34. The molecule has 4 heteroatoms. The summed E-state index contributed by atoms with van der Waals surface area (Å²) < 4.78 is 5.12. The predicted molar refractivity (Wildman–Crippen MR) is 67.5 cm³/mol. The molecule has 2 N–H and O–H groups in total. The Kier molecular flexibility index (Phi) is 5.69. The lowest BCUT2D eigenvalue weighted by molar-refractivity contribution is 0.0770. The van der Waals surface area contributed by atoms with Gasteiger partial charge >= 0.3 is 0 Å². The highest BCUT2D eigenvalue weighted by molar-refractivity contribution is 4.89. The van der Waals surface area contributed by atoms with Crippen molar-refractivity contribution in [3.8, 4) is 0 Å². The smallest absolute Gasteiger partial charge is 0.0465 e. The van der Waals surface area contributed by atoms with Gasteiger partial charge in [-0.1, -0.05) is 6.92 Å². The van der Waals surface area contributed by atoms with Crippen LogP contribution in [-0.4, -0.2) is 69.3 Å². The van der Waals surface area contributed by atoms with E-state index in [1.807, 2.05) is 0 Å². The summed E-state index contributed by atoms with van der Waals surface area (Å²) in [6.45, 7) is 6.38. The maximum Gasteiger partial charge on any atom is 0.0465 e. The molecule has 0 saturated carbocycles. The Bertz CT molecular complexity index is 201. The Morgan fingerprint density at radius 2 is 2.06 bits per heavy atom. The van der Waals surface area contributed by atoms with E-state index in [4.69, 9.17) is 10.5 Å². The molecule has 0 aromatic carbocycles. The molecule has 0 aliphatic carbocycles. The summed E-state index contributed by atoms with van der Waals surface area (Å²) in [6, 6.07) is 0.716. The van der Waals surface area contributed by atoms with Gasteiger partial charge in [0.1, 0.15) is 0 Å². The highest BCUT2D eigenvalue weighted by Crippen LogP contribution is 2.16. The molecule has 1 aliphatic rings. The minimum atomic E-state index is 0.239. The number of methoxy groups -OCH3 is 1. The zero-order valence-corrected chi connectivity index (χ0v) is 11.1. The van der Waals surface area contributed by atoms with Crippen molar-refractivity contribution >= 4 is 0 Å². The summed E-state index contributed by atoms with van der Waals surface area (Å²) in [6.07, 6.45) is 1.05. The second-order valence-electron chi connectivity index (χ2n) is 5.15. The second-order valence-corrected chi connectivity index (χ2v) is 5.15. The summed E-state index contributed by atoms with van der Waals surface area (Å²) in [4.78, 5) is 4.77. The number of nitrogens with two attached hydrogens (primary N) is 1. The van der Waals surface area contributed by atoms with E-state index in [9.17, 15) is 0 Å².